The molecular formula is C13H17N3O. The Hall–Kier alpha value is -1.55. The minimum Gasteiger partial charge on any atom is -0.376 e. The third-order valence-corrected chi connectivity index (χ3v) is 3.28. The second kappa shape index (κ2) is 4.37. The van der Waals surface area contributed by atoms with E-state index in [9.17, 15) is 0 Å². The van der Waals surface area contributed by atoms with Gasteiger partial charge >= 0.3 is 0 Å². The van der Waals surface area contributed by atoms with Gasteiger partial charge in [-0.1, -0.05) is 12.1 Å². The smallest absolute Gasteiger partial charge is 0.201 e. The van der Waals surface area contributed by atoms with E-state index in [2.05, 4.69) is 22.2 Å². The summed E-state index contributed by atoms with van der Waals surface area (Å²) in [5, 5.41) is 3.38. The van der Waals surface area contributed by atoms with Gasteiger partial charge in [-0.25, -0.2) is 4.98 Å². The van der Waals surface area contributed by atoms with E-state index >= 15 is 0 Å². The predicted molar refractivity (Wildman–Crippen MR) is 68.2 cm³/mol. The normalized spacial score (nSPS) is 21.8. The molecule has 90 valence electrons. The first-order valence-corrected chi connectivity index (χ1v) is 6.16. The lowest BCUT2D eigenvalue weighted by Gasteiger charge is -2.19. The van der Waals surface area contributed by atoms with E-state index < -0.39 is 0 Å². The van der Waals surface area contributed by atoms with Crippen LogP contribution in [0.4, 0.5) is 5.95 Å². The molecule has 0 spiro atoms. The van der Waals surface area contributed by atoms with Crippen molar-refractivity contribution in [3.63, 3.8) is 0 Å². The molecule has 3 rings (SSSR count). The van der Waals surface area contributed by atoms with Crippen LogP contribution in [-0.4, -0.2) is 28.7 Å². The highest BCUT2D eigenvalue weighted by Crippen LogP contribution is 2.19. The van der Waals surface area contributed by atoms with E-state index in [1.807, 2.05) is 24.3 Å². The van der Waals surface area contributed by atoms with Crippen molar-refractivity contribution >= 4 is 17.0 Å². The molecule has 1 aromatic heterocycles. The highest BCUT2D eigenvalue weighted by Gasteiger charge is 2.22. The lowest BCUT2D eigenvalue weighted by atomic mass is 10.1. The first-order valence-electron chi connectivity index (χ1n) is 6.16. The Labute approximate surface area is 100 Å². The number of hydrogen-bond donors (Lipinski definition) is 2. The lowest BCUT2D eigenvalue weighted by molar-refractivity contribution is 0.0995. The number of H-pyrrole nitrogens is 1. The van der Waals surface area contributed by atoms with Gasteiger partial charge in [0, 0.05) is 6.61 Å². The molecule has 4 heteroatoms. The number of aromatic amines is 1. The number of anilines is 1. The average Bonchev–Trinajstić information content (AvgIpc) is 2.97. The lowest BCUT2D eigenvalue weighted by Crippen LogP contribution is -2.30. The summed E-state index contributed by atoms with van der Waals surface area (Å²) in [6.45, 7) is 3.03. The van der Waals surface area contributed by atoms with Gasteiger partial charge in [0.15, 0.2) is 0 Å². The molecule has 4 nitrogen and oxygen atoms in total. The molecule has 17 heavy (non-hydrogen) atoms. The van der Waals surface area contributed by atoms with E-state index in [-0.39, 0.29) is 6.04 Å². The minimum atomic E-state index is 0.290. The monoisotopic (exact) mass is 231 g/mol. The van der Waals surface area contributed by atoms with Gasteiger partial charge in [-0.2, -0.15) is 0 Å². The SMILES string of the molecule is CC(Nc1nc2ccccc2[nH]1)C1CCCO1. The number of nitrogens with one attached hydrogen (secondary N) is 2. The summed E-state index contributed by atoms with van der Waals surface area (Å²) in [6, 6.07) is 8.33. The maximum Gasteiger partial charge on any atom is 0.201 e. The van der Waals surface area contributed by atoms with Crippen LogP contribution in [0.25, 0.3) is 11.0 Å². The Morgan fingerprint density at radius 3 is 3.12 bits per heavy atom. The molecule has 1 aromatic carbocycles. The fourth-order valence-electron chi connectivity index (χ4n) is 2.33. The molecule has 1 aliphatic heterocycles. The van der Waals surface area contributed by atoms with Gasteiger partial charge in [0.1, 0.15) is 0 Å². The summed E-state index contributed by atoms with van der Waals surface area (Å²) in [6.07, 6.45) is 2.61. The van der Waals surface area contributed by atoms with Crippen molar-refractivity contribution in [2.24, 2.45) is 0 Å². The number of fused-ring (bicyclic) bond motifs is 1. The van der Waals surface area contributed by atoms with Gasteiger partial charge in [0.25, 0.3) is 0 Å². The van der Waals surface area contributed by atoms with Crippen LogP contribution >= 0.6 is 0 Å². The third kappa shape index (κ3) is 2.13. The Kier molecular flexibility index (Phi) is 2.73. The van der Waals surface area contributed by atoms with Crippen LogP contribution in [0.1, 0.15) is 19.8 Å². The van der Waals surface area contributed by atoms with Crippen molar-refractivity contribution in [3.05, 3.63) is 24.3 Å². The molecule has 0 bridgehead atoms. The molecule has 0 saturated carbocycles. The second-order valence-electron chi connectivity index (χ2n) is 4.59. The number of benzene rings is 1. The topological polar surface area (TPSA) is 49.9 Å². The number of ether oxygens (including phenoxy) is 1. The van der Waals surface area contributed by atoms with Crippen LogP contribution in [-0.2, 0) is 4.74 Å². The van der Waals surface area contributed by atoms with Crippen LogP contribution in [0.3, 0.4) is 0 Å². The summed E-state index contributed by atoms with van der Waals surface area (Å²) < 4.78 is 5.66. The number of para-hydroxylation sites is 2. The summed E-state index contributed by atoms with van der Waals surface area (Å²) >= 11 is 0. The minimum absolute atomic E-state index is 0.290. The van der Waals surface area contributed by atoms with E-state index in [1.54, 1.807) is 0 Å². The number of rotatable bonds is 3. The summed E-state index contributed by atoms with van der Waals surface area (Å²) in [5.74, 6) is 0.828. The highest BCUT2D eigenvalue weighted by molar-refractivity contribution is 5.77. The van der Waals surface area contributed by atoms with Crippen LogP contribution < -0.4 is 5.32 Å². The molecule has 2 aromatic rings. The molecule has 0 radical (unpaired) electrons. The first kappa shape index (κ1) is 10.6. The summed E-state index contributed by atoms with van der Waals surface area (Å²) in [5.41, 5.74) is 2.06. The first-order chi connectivity index (χ1) is 8.33. The molecule has 1 aliphatic rings. The molecule has 0 aliphatic carbocycles. The number of hydrogen-bond acceptors (Lipinski definition) is 3. The van der Waals surface area contributed by atoms with Gasteiger partial charge < -0.3 is 15.0 Å². The molecule has 0 amide bonds. The van der Waals surface area contributed by atoms with E-state index in [4.69, 9.17) is 4.74 Å². The van der Waals surface area contributed by atoms with Gasteiger partial charge in [-0.3, -0.25) is 0 Å². The van der Waals surface area contributed by atoms with Gasteiger partial charge in [0.2, 0.25) is 5.95 Å². The van der Waals surface area contributed by atoms with Crippen molar-refractivity contribution in [3.8, 4) is 0 Å². The number of nitrogens with zero attached hydrogens (tertiary/aromatic N) is 1. The van der Waals surface area contributed by atoms with Crippen LogP contribution in [0.5, 0.6) is 0 Å². The van der Waals surface area contributed by atoms with E-state index in [1.165, 1.54) is 0 Å². The fourth-order valence-corrected chi connectivity index (χ4v) is 2.33. The van der Waals surface area contributed by atoms with Gasteiger partial charge in [0.05, 0.1) is 23.2 Å². The largest absolute Gasteiger partial charge is 0.376 e. The van der Waals surface area contributed by atoms with Crippen molar-refractivity contribution < 1.29 is 4.74 Å². The maximum absolute atomic E-state index is 5.66. The van der Waals surface area contributed by atoms with Gasteiger partial charge in [-0.05, 0) is 31.9 Å². The van der Waals surface area contributed by atoms with Crippen molar-refractivity contribution in [1.82, 2.24) is 9.97 Å². The third-order valence-electron chi connectivity index (χ3n) is 3.28. The quantitative estimate of drug-likeness (QED) is 0.853. The number of aromatic nitrogens is 2. The molecule has 2 N–H and O–H groups in total. The van der Waals surface area contributed by atoms with Crippen LogP contribution in [0.2, 0.25) is 0 Å². The average molecular weight is 231 g/mol. The maximum atomic E-state index is 5.66. The Bertz CT molecular complexity index is 469. The fraction of sp³-hybridized carbons (Fsp3) is 0.462. The van der Waals surface area contributed by atoms with Crippen molar-refractivity contribution in [1.29, 1.82) is 0 Å². The zero-order valence-electron chi connectivity index (χ0n) is 9.94. The van der Waals surface area contributed by atoms with Crippen LogP contribution in [0.15, 0.2) is 24.3 Å². The molecule has 1 fully saturated rings. The van der Waals surface area contributed by atoms with Crippen molar-refractivity contribution in [2.75, 3.05) is 11.9 Å². The Morgan fingerprint density at radius 2 is 2.35 bits per heavy atom. The molecule has 2 atom stereocenters. The number of imidazole rings is 1. The molecular weight excluding hydrogens is 214 g/mol. The van der Waals surface area contributed by atoms with Crippen molar-refractivity contribution in [2.45, 2.75) is 31.9 Å². The summed E-state index contributed by atoms with van der Waals surface area (Å²) in [4.78, 5) is 7.77. The summed E-state index contributed by atoms with van der Waals surface area (Å²) in [7, 11) is 0. The Balaban J connectivity index is 1.75. The van der Waals surface area contributed by atoms with E-state index in [0.717, 1.165) is 36.4 Å². The second-order valence-corrected chi connectivity index (χ2v) is 4.59. The highest BCUT2D eigenvalue weighted by atomic mass is 16.5. The zero-order valence-corrected chi connectivity index (χ0v) is 9.94. The molecule has 2 unspecified atom stereocenters. The van der Waals surface area contributed by atoms with Gasteiger partial charge in [-0.15, -0.1) is 0 Å². The predicted octanol–water partition coefficient (Wildman–Crippen LogP) is 2.54. The van der Waals surface area contributed by atoms with Crippen LogP contribution in [0, 0.1) is 0 Å². The molecule has 2 heterocycles. The Morgan fingerprint density at radius 1 is 1.47 bits per heavy atom. The molecule has 1 saturated heterocycles. The van der Waals surface area contributed by atoms with E-state index in [0.29, 0.717) is 6.10 Å². The standard InChI is InChI=1S/C13H17N3O/c1-9(12-7-4-8-17-12)14-13-15-10-5-2-3-6-11(10)16-13/h2-3,5-6,9,12H,4,7-8H2,1H3,(H2,14,15,16). The zero-order chi connectivity index (χ0) is 11.7.